The normalized spacial score (nSPS) is 19.8. The van der Waals surface area contributed by atoms with Crippen LogP contribution in [0.4, 0.5) is 0 Å². The van der Waals surface area contributed by atoms with E-state index in [0.717, 1.165) is 26.1 Å². The van der Waals surface area contributed by atoms with Gasteiger partial charge in [-0.2, -0.15) is 0 Å². The highest BCUT2D eigenvalue weighted by Crippen LogP contribution is 2.20. The Balaban J connectivity index is 2.30. The van der Waals surface area contributed by atoms with Gasteiger partial charge < -0.3 is 19.9 Å². The first kappa shape index (κ1) is 18.9. The number of quaternary nitrogens is 1. The van der Waals surface area contributed by atoms with Gasteiger partial charge in [-0.3, -0.25) is 9.59 Å². The molecule has 0 aromatic rings. The van der Waals surface area contributed by atoms with Gasteiger partial charge in [-0.15, -0.1) is 0 Å². The number of ether oxygens (including phenoxy) is 1. The van der Waals surface area contributed by atoms with E-state index in [9.17, 15) is 9.59 Å². The standard InChI is InChI=1S/C16H31N3O3/c1-5-18(6-2)9-7-8-17-16(21)14-10-15(20)19(11-14)13(3)12-22-4/h13-14H,5-12H2,1-4H3,(H,17,21)/p+1/t13-,14+/m1/s1. The van der Waals surface area contributed by atoms with Gasteiger partial charge in [-0.1, -0.05) is 0 Å². The smallest absolute Gasteiger partial charge is 0.225 e. The van der Waals surface area contributed by atoms with Gasteiger partial charge in [-0.05, 0) is 20.8 Å². The van der Waals surface area contributed by atoms with E-state index in [1.807, 2.05) is 6.92 Å². The van der Waals surface area contributed by atoms with Crippen molar-refractivity contribution < 1.29 is 19.2 Å². The minimum Gasteiger partial charge on any atom is -0.383 e. The number of carbonyl (C=O) groups is 2. The van der Waals surface area contributed by atoms with Crippen LogP contribution in [0.15, 0.2) is 0 Å². The van der Waals surface area contributed by atoms with E-state index in [2.05, 4.69) is 19.2 Å². The monoisotopic (exact) mass is 314 g/mol. The summed E-state index contributed by atoms with van der Waals surface area (Å²) in [5.74, 6) is -0.153. The molecule has 128 valence electrons. The molecule has 0 bridgehead atoms. The summed E-state index contributed by atoms with van der Waals surface area (Å²) in [7, 11) is 1.62. The number of rotatable bonds is 10. The number of methoxy groups -OCH3 is 1. The number of likely N-dealkylation sites (tertiary alicyclic amines) is 1. The molecule has 22 heavy (non-hydrogen) atoms. The van der Waals surface area contributed by atoms with E-state index < -0.39 is 0 Å². The molecular weight excluding hydrogens is 282 g/mol. The quantitative estimate of drug-likeness (QED) is 0.524. The fourth-order valence-corrected chi connectivity index (χ4v) is 2.96. The summed E-state index contributed by atoms with van der Waals surface area (Å²) in [5.41, 5.74) is 0. The molecule has 0 saturated carbocycles. The molecule has 1 rings (SSSR count). The molecule has 0 unspecified atom stereocenters. The number of hydrogen-bond donors (Lipinski definition) is 2. The Bertz CT molecular complexity index is 359. The third-order valence-electron chi connectivity index (χ3n) is 4.48. The molecule has 1 aliphatic heterocycles. The summed E-state index contributed by atoms with van der Waals surface area (Å²) in [5, 5.41) is 2.98. The molecule has 6 heteroatoms. The van der Waals surface area contributed by atoms with Gasteiger partial charge in [0.25, 0.3) is 0 Å². The van der Waals surface area contributed by atoms with Crippen molar-refractivity contribution in [3.63, 3.8) is 0 Å². The summed E-state index contributed by atoms with van der Waals surface area (Å²) in [6.07, 6.45) is 1.30. The molecule has 0 spiro atoms. The summed E-state index contributed by atoms with van der Waals surface area (Å²) >= 11 is 0. The van der Waals surface area contributed by atoms with Crippen LogP contribution >= 0.6 is 0 Å². The number of nitrogens with zero attached hydrogens (tertiary/aromatic N) is 1. The Morgan fingerprint density at radius 1 is 1.45 bits per heavy atom. The van der Waals surface area contributed by atoms with Crippen LogP contribution < -0.4 is 10.2 Å². The maximum atomic E-state index is 12.2. The molecule has 0 aromatic heterocycles. The highest BCUT2D eigenvalue weighted by molar-refractivity contribution is 5.89. The number of carbonyl (C=O) groups excluding carboxylic acids is 2. The van der Waals surface area contributed by atoms with Crippen LogP contribution in [0.3, 0.4) is 0 Å². The number of nitrogens with one attached hydrogen (secondary N) is 2. The van der Waals surface area contributed by atoms with Crippen molar-refractivity contribution in [1.29, 1.82) is 0 Å². The Kier molecular flexibility index (Phi) is 8.42. The van der Waals surface area contributed by atoms with Crippen molar-refractivity contribution in [3.8, 4) is 0 Å². The van der Waals surface area contributed by atoms with E-state index in [4.69, 9.17) is 4.74 Å². The maximum absolute atomic E-state index is 12.2. The first-order valence-corrected chi connectivity index (χ1v) is 8.43. The molecule has 1 saturated heterocycles. The minimum atomic E-state index is -0.215. The van der Waals surface area contributed by atoms with Crippen molar-refractivity contribution in [2.75, 3.05) is 46.4 Å². The fraction of sp³-hybridized carbons (Fsp3) is 0.875. The lowest BCUT2D eigenvalue weighted by molar-refractivity contribution is -0.896. The Morgan fingerprint density at radius 3 is 2.73 bits per heavy atom. The lowest BCUT2D eigenvalue weighted by atomic mass is 10.1. The van der Waals surface area contributed by atoms with E-state index in [-0.39, 0.29) is 23.8 Å². The second-order valence-corrected chi connectivity index (χ2v) is 6.10. The summed E-state index contributed by atoms with van der Waals surface area (Å²) in [6, 6.07) is 0.0292. The molecule has 0 aromatic carbocycles. The Morgan fingerprint density at radius 2 is 2.14 bits per heavy atom. The van der Waals surface area contributed by atoms with Gasteiger partial charge >= 0.3 is 0 Å². The van der Waals surface area contributed by atoms with Crippen LogP contribution in [0.1, 0.15) is 33.6 Å². The summed E-state index contributed by atoms with van der Waals surface area (Å²) in [6.45, 7) is 11.3. The van der Waals surface area contributed by atoms with Gasteiger partial charge in [0.2, 0.25) is 11.8 Å². The number of hydrogen-bond acceptors (Lipinski definition) is 3. The van der Waals surface area contributed by atoms with Gasteiger partial charge in [0.05, 0.1) is 38.2 Å². The average molecular weight is 314 g/mol. The van der Waals surface area contributed by atoms with Crippen LogP contribution in [0, 0.1) is 5.92 Å². The fourth-order valence-electron chi connectivity index (χ4n) is 2.96. The summed E-state index contributed by atoms with van der Waals surface area (Å²) < 4.78 is 5.09. The largest absolute Gasteiger partial charge is 0.383 e. The molecule has 0 aliphatic carbocycles. The molecule has 2 amide bonds. The van der Waals surface area contributed by atoms with E-state index in [1.165, 1.54) is 0 Å². The minimum absolute atomic E-state index is 0.00927. The second-order valence-electron chi connectivity index (χ2n) is 6.10. The third kappa shape index (κ3) is 5.57. The third-order valence-corrected chi connectivity index (χ3v) is 4.48. The zero-order valence-corrected chi connectivity index (χ0v) is 14.5. The van der Waals surface area contributed by atoms with E-state index in [1.54, 1.807) is 16.9 Å². The van der Waals surface area contributed by atoms with Gasteiger partial charge in [0, 0.05) is 33.0 Å². The zero-order valence-electron chi connectivity index (χ0n) is 14.5. The molecule has 2 N–H and O–H groups in total. The van der Waals surface area contributed by atoms with Crippen LogP contribution in [-0.4, -0.2) is 69.2 Å². The van der Waals surface area contributed by atoms with Crippen molar-refractivity contribution in [2.45, 2.75) is 39.7 Å². The highest BCUT2D eigenvalue weighted by Gasteiger charge is 2.36. The topological polar surface area (TPSA) is 63.1 Å². The number of amides is 2. The summed E-state index contributed by atoms with van der Waals surface area (Å²) in [4.78, 5) is 27.5. The van der Waals surface area contributed by atoms with Crippen LogP contribution in [-0.2, 0) is 14.3 Å². The molecule has 1 heterocycles. The van der Waals surface area contributed by atoms with Crippen LogP contribution in [0.5, 0.6) is 0 Å². The van der Waals surface area contributed by atoms with Crippen molar-refractivity contribution >= 4 is 11.8 Å². The molecule has 6 nitrogen and oxygen atoms in total. The molecular formula is C16H32N3O3+. The first-order chi connectivity index (χ1) is 10.5. The molecule has 1 fully saturated rings. The predicted octanol–water partition coefficient (Wildman–Crippen LogP) is -0.699. The molecule has 1 aliphatic rings. The van der Waals surface area contributed by atoms with Crippen molar-refractivity contribution in [3.05, 3.63) is 0 Å². The Labute approximate surface area is 134 Å². The van der Waals surface area contributed by atoms with Gasteiger partial charge in [0.1, 0.15) is 0 Å². The zero-order chi connectivity index (χ0) is 16.5. The first-order valence-electron chi connectivity index (χ1n) is 8.43. The predicted molar refractivity (Wildman–Crippen MR) is 85.7 cm³/mol. The maximum Gasteiger partial charge on any atom is 0.225 e. The highest BCUT2D eigenvalue weighted by atomic mass is 16.5. The average Bonchev–Trinajstić information content (AvgIpc) is 2.89. The van der Waals surface area contributed by atoms with Gasteiger partial charge in [0.15, 0.2) is 0 Å². The van der Waals surface area contributed by atoms with Crippen LogP contribution in [0.25, 0.3) is 0 Å². The lowest BCUT2D eigenvalue weighted by Gasteiger charge is -2.23. The molecule has 0 radical (unpaired) electrons. The lowest BCUT2D eigenvalue weighted by Crippen LogP contribution is -3.11. The molecule has 2 atom stereocenters. The van der Waals surface area contributed by atoms with Crippen molar-refractivity contribution in [2.24, 2.45) is 5.92 Å². The van der Waals surface area contributed by atoms with E-state index in [0.29, 0.717) is 26.1 Å². The van der Waals surface area contributed by atoms with E-state index >= 15 is 0 Å². The van der Waals surface area contributed by atoms with Gasteiger partial charge in [-0.25, -0.2) is 0 Å². The van der Waals surface area contributed by atoms with Crippen molar-refractivity contribution in [1.82, 2.24) is 10.2 Å². The second kappa shape index (κ2) is 9.79. The Hall–Kier alpha value is -1.14. The SMILES string of the molecule is CC[NH+](CC)CCCNC(=O)[C@H]1CC(=O)N([C@H](C)COC)C1. The van der Waals surface area contributed by atoms with Crippen LogP contribution in [0.2, 0.25) is 0 Å².